The molecule has 0 amide bonds. The summed E-state index contributed by atoms with van der Waals surface area (Å²) < 4.78 is 1.20. The third-order valence-electron chi connectivity index (χ3n) is 3.40. The van der Waals surface area contributed by atoms with Crippen LogP contribution in [0.15, 0.2) is 22.7 Å². The molecule has 76 valence electrons. The maximum Gasteiger partial charge on any atom is 0.0216 e. The van der Waals surface area contributed by atoms with E-state index in [1.807, 2.05) is 0 Å². The molecule has 1 atom stereocenters. The average molecular weight is 254 g/mol. The largest absolute Gasteiger partial charge is 0.327 e. The molecule has 0 saturated heterocycles. The number of halogens is 1. The molecule has 14 heavy (non-hydrogen) atoms. The quantitative estimate of drug-likeness (QED) is 0.756. The minimum atomic E-state index is 0.0909. The van der Waals surface area contributed by atoms with E-state index in [-0.39, 0.29) is 11.5 Å². The van der Waals surface area contributed by atoms with Gasteiger partial charge in [0.05, 0.1) is 0 Å². The number of fused-ring (bicyclic) bond motifs is 1. The lowest BCUT2D eigenvalue weighted by Crippen LogP contribution is -2.44. The normalized spacial score (nSPS) is 24.4. The number of benzene rings is 1. The van der Waals surface area contributed by atoms with Crippen LogP contribution < -0.4 is 5.73 Å². The third-order valence-corrected chi connectivity index (χ3v) is 4.06. The van der Waals surface area contributed by atoms with Crippen molar-refractivity contribution in [3.8, 4) is 0 Å². The molecule has 0 saturated carbocycles. The van der Waals surface area contributed by atoms with Gasteiger partial charge in [0.25, 0.3) is 0 Å². The first kappa shape index (κ1) is 10.2. The Labute approximate surface area is 93.8 Å². The second-order valence-electron chi connectivity index (χ2n) is 4.64. The van der Waals surface area contributed by atoms with Gasteiger partial charge in [0.15, 0.2) is 0 Å². The van der Waals surface area contributed by atoms with Gasteiger partial charge in [-0.2, -0.15) is 0 Å². The SMILES string of the molecule is CC1(C)c2c(Br)cccc2CCC1N. The van der Waals surface area contributed by atoms with Gasteiger partial charge in [-0.1, -0.05) is 41.9 Å². The lowest BCUT2D eigenvalue weighted by atomic mass is 9.70. The first-order valence-corrected chi connectivity index (χ1v) is 5.86. The molecule has 0 aliphatic heterocycles. The van der Waals surface area contributed by atoms with E-state index in [4.69, 9.17) is 5.73 Å². The molecule has 1 aliphatic carbocycles. The zero-order valence-electron chi connectivity index (χ0n) is 8.68. The van der Waals surface area contributed by atoms with Gasteiger partial charge in [-0.3, -0.25) is 0 Å². The van der Waals surface area contributed by atoms with E-state index >= 15 is 0 Å². The Hall–Kier alpha value is -0.340. The Morgan fingerprint density at radius 2 is 2.14 bits per heavy atom. The van der Waals surface area contributed by atoms with Crippen molar-refractivity contribution in [1.82, 2.24) is 0 Å². The highest BCUT2D eigenvalue weighted by Gasteiger charge is 2.35. The van der Waals surface area contributed by atoms with E-state index in [9.17, 15) is 0 Å². The van der Waals surface area contributed by atoms with E-state index < -0.39 is 0 Å². The summed E-state index contributed by atoms with van der Waals surface area (Å²) in [4.78, 5) is 0. The molecule has 0 fully saturated rings. The number of aryl methyl sites for hydroxylation is 1. The van der Waals surface area contributed by atoms with E-state index in [0.29, 0.717) is 0 Å². The minimum Gasteiger partial charge on any atom is -0.327 e. The van der Waals surface area contributed by atoms with Crippen LogP contribution in [0.25, 0.3) is 0 Å². The predicted octanol–water partition coefficient (Wildman–Crippen LogP) is 3.00. The highest BCUT2D eigenvalue weighted by molar-refractivity contribution is 9.10. The molecule has 1 unspecified atom stereocenters. The van der Waals surface area contributed by atoms with E-state index in [0.717, 1.165) is 12.8 Å². The smallest absolute Gasteiger partial charge is 0.0216 e. The Kier molecular flexibility index (Phi) is 2.44. The summed E-state index contributed by atoms with van der Waals surface area (Å²) in [5.41, 5.74) is 9.12. The summed E-state index contributed by atoms with van der Waals surface area (Å²) in [6.07, 6.45) is 2.20. The second-order valence-corrected chi connectivity index (χ2v) is 5.50. The predicted molar refractivity (Wildman–Crippen MR) is 63.5 cm³/mol. The van der Waals surface area contributed by atoms with Crippen molar-refractivity contribution >= 4 is 15.9 Å². The van der Waals surface area contributed by atoms with Crippen LogP contribution in [-0.4, -0.2) is 6.04 Å². The molecule has 1 aromatic rings. The molecule has 2 N–H and O–H groups in total. The fourth-order valence-corrected chi connectivity index (χ4v) is 3.27. The Balaban J connectivity index is 2.61. The first-order chi connectivity index (χ1) is 6.53. The van der Waals surface area contributed by atoms with Crippen molar-refractivity contribution < 1.29 is 0 Å². The minimum absolute atomic E-state index is 0.0909. The molecule has 1 nitrogen and oxygen atoms in total. The zero-order valence-corrected chi connectivity index (χ0v) is 10.3. The number of rotatable bonds is 0. The average Bonchev–Trinajstić information content (AvgIpc) is 2.11. The van der Waals surface area contributed by atoms with Gasteiger partial charge in [-0.25, -0.2) is 0 Å². The number of hydrogen-bond donors (Lipinski definition) is 1. The molecule has 0 spiro atoms. The lowest BCUT2D eigenvalue weighted by molar-refractivity contribution is 0.362. The summed E-state index contributed by atoms with van der Waals surface area (Å²) in [6, 6.07) is 6.70. The van der Waals surface area contributed by atoms with Crippen molar-refractivity contribution in [2.75, 3.05) is 0 Å². The van der Waals surface area contributed by atoms with Gasteiger partial charge in [-0.15, -0.1) is 0 Å². The van der Waals surface area contributed by atoms with Crippen LogP contribution in [-0.2, 0) is 11.8 Å². The summed E-state index contributed by atoms with van der Waals surface area (Å²) in [5.74, 6) is 0. The highest BCUT2D eigenvalue weighted by atomic mass is 79.9. The van der Waals surface area contributed by atoms with Crippen molar-refractivity contribution in [2.45, 2.75) is 38.1 Å². The molecular weight excluding hydrogens is 238 g/mol. The molecule has 0 bridgehead atoms. The fourth-order valence-electron chi connectivity index (χ4n) is 2.36. The van der Waals surface area contributed by atoms with Crippen LogP contribution in [0.4, 0.5) is 0 Å². The molecule has 1 aromatic carbocycles. The van der Waals surface area contributed by atoms with Gasteiger partial charge >= 0.3 is 0 Å². The topological polar surface area (TPSA) is 26.0 Å². The lowest BCUT2D eigenvalue weighted by Gasteiger charge is -2.39. The van der Waals surface area contributed by atoms with Crippen LogP contribution in [0.5, 0.6) is 0 Å². The summed E-state index contributed by atoms with van der Waals surface area (Å²) in [6.45, 7) is 4.47. The van der Waals surface area contributed by atoms with Crippen LogP contribution in [0, 0.1) is 0 Å². The van der Waals surface area contributed by atoms with Gasteiger partial charge < -0.3 is 5.73 Å². The van der Waals surface area contributed by atoms with Crippen molar-refractivity contribution in [1.29, 1.82) is 0 Å². The molecule has 0 heterocycles. The molecular formula is C12H16BrN. The van der Waals surface area contributed by atoms with Crippen molar-refractivity contribution in [3.05, 3.63) is 33.8 Å². The maximum atomic E-state index is 6.18. The molecule has 2 heteroatoms. The highest BCUT2D eigenvalue weighted by Crippen LogP contribution is 2.40. The fraction of sp³-hybridized carbons (Fsp3) is 0.500. The van der Waals surface area contributed by atoms with Crippen molar-refractivity contribution in [2.24, 2.45) is 5.73 Å². The summed E-state index contributed by atoms with van der Waals surface area (Å²) >= 11 is 3.63. The molecule has 2 rings (SSSR count). The van der Waals surface area contributed by atoms with E-state index in [1.165, 1.54) is 15.6 Å². The van der Waals surface area contributed by atoms with E-state index in [2.05, 4.69) is 48.0 Å². The van der Waals surface area contributed by atoms with E-state index in [1.54, 1.807) is 0 Å². The van der Waals surface area contributed by atoms with Gasteiger partial charge in [0, 0.05) is 15.9 Å². The van der Waals surface area contributed by atoms with Crippen LogP contribution in [0.1, 0.15) is 31.4 Å². The summed E-state index contributed by atoms with van der Waals surface area (Å²) in [7, 11) is 0. The van der Waals surface area contributed by atoms with Crippen LogP contribution in [0.3, 0.4) is 0 Å². The van der Waals surface area contributed by atoms with Crippen LogP contribution in [0.2, 0.25) is 0 Å². The Morgan fingerprint density at radius 1 is 1.43 bits per heavy atom. The second kappa shape index (κ2) is 3.35. The Bertz CT molecular complexity index is 357. The first-order valence-electron chi connectivity index (χ1n) is 5.07. The molecule has 0 aromatic heterocycles. The zero-order chi connectivity index (χ0) is 10.3. The maximum absolute atomic E-state index is 6.18. The number of nitrogens with two attached hydrogens (primary N) is 1. The molecule has 0 radical (unpaired) electrons. The van der Waals surface area contributed by atoms with Crippen LogP contribution >= 0.6 is 15.9 Å². The molecule has 1 aliphatic rings. The standard InChI is InChI=1S/C12H16BrN/c1-12(2)10(14)7-6-8-4-3-5-9(13)11(8)12/h3-5,10H,6-7,14H2,1-2H3. The van der Waals surface area contributed by atoms with Crippen molar-refractivity contribution in [3.63, 3.8) is 0 Å². The monoisotopic (exact) mass is 253 g/mol. The Morgan fingerprint density at radius 3 is 2.86 bits per heavy atom. The third kappa shape index (κ3) is 1.41. The van der Waals surface area contributed by atoms with Gasteiger partial charge in [0.1, 0.15) is 0 Å². The van der Waals surface area contributed by atoms with Gasteiger partial charge in [0.2, 0.25) is 0 Å². The summed E-state index contributed by atoms with van der Waals surface area (Å²) in [5, 5.41) is 0. The number of hydrogen-bond acceptors (Lipinski definition) is 1. The van der Waals surface area contributed by atoms with Gasteiger partial charge in [-0.05, 0) is 30.0 Å².